The van der Waals surface area contributed by atoms with Crippen molar-refractivity contribution in [2.24, 2.45) is 0 Å². The molecular formula is C9H9O2. The normalized spacial score (nSPS) is 18.4. The molecule has 1 aromatic rings. The van der Waals surface area contributed by atoms with Crippen LogP contribution in [0.5, 0.6) is 11.5 Å². The maximum Gasteiger partial charge on any atom is 0.246 e. The summed E-state index contributed by atoms with van der Waals surface area (Å²) in [6.45, 7) is 3.76. The average molecular weight is 149 g/mol. The molecule has 0 bridgehead atoms. The number of ether oxygens (including phenoxy) is 2. The summed E-state index contributed by atoms with van der Waals surface area (Å²) in [5.41, 5.74) is 0. The summed E-state index contributed by atoms with van der Waals surface area (Å²) in [6, 6.07) is 8.37. The molecule has 1 radical (unpaired) electrons. The van der Waals surface area contributed by atoms with Gasteiger partial charge in [0.25, 0.3) is 0 Å². The lowest BCUT2D eigenvalue weighted by Crippen LogP contribution is -2.29. The minimum Gasteiger partial charge on any atom is -0.449 e. The predicted molar refractivity (Wildman–Crippen MR) is 40.6 cm³/mol. The van der Waals surface area contributed by atoms with E-state index in [0.29, 0.717) is 0 Å². The Hall–Kier alpha value is -1.18. The Morgan fingerprint density at radius 1 is 1.27 bits per heavy atom. The third-order valence-electron chi connectivity index (χ3n) is 1.50. The highest BCUT2D eigenvalue weighted by atomic mass is 16.7. The Bertz CT molecular complexity index is 252. The van der Waals surface area contributed by atoms with Crippen molar-refractivity contribution in [1.29, 1.82) is 0 Å². The number of fused-ring (bicyclic) bond motifs is 1. The van der Waals surface area contributed by atoms with Crippen LogP contribution in [0.15, 0.2) is 18.2 Å². The van der Waals surface area contributed by atoms with Gasteiger partial charge in [-0.15, -0.1) is 0 Å². The highest BCUT2D eigenvalue weighted by molar-refractivity contribution is 5.42. The van der Waals surface area contributed by atoms with E-state index in [1.807, 2.05) is 26.0 Å². The zero-order valence-electron chi connectivity index (χ0n) is 6.55. The van der Waals surface area contributed by atoms with Gasteiger partial charge in [-0.25, -0.2) is 0 Å². The van der Waals surface area contributed by atoms with Gasteiger partial charge in [0.2, 0.25) is 5.79 Å². The summed E-state index contributed by atoms with van der Waals surface area (Å²) in [7, 11) is 0. The van der Waals surface area contributed by atoms with Gasteiger partial charge in [0.1, 0.15) is 0 Å². The lowest BCUT2D eigenvalue weighted by Gasteiger charge is -2.16. The van der Waals surface area contributed by atoms with Gasteiger partial charge < -0.3 is 9.47 Å². The number of hydrogen-bond acceptors (Lipinski definition) is 2. The van der Waals surface area contributed by atoms with Crippen LogP contribution < -0.4 is 9.47 Å². The molecule has 0 N–H and O–H groups in total. The fraction of sp³-hybridized carbons (Fsp3) is 0.333. The van der Waals surface area contributed by atoms with Gasteiger partial charge in [0.15, 0.2) is 11.5 Å². The second kappa shape index (κ2) is 1.91. The van der Waals surface area contributed by atoms with Crippen molar-refractivity contribution in [3.05, 3.63) is 24.3 Å². The first kappa shape index (κ1) is 6.53. The molecule has 1 aliphatic heterocycles. The van der Waals surface area contributed by atoms with Crippen molar-refractivity contribution in [1.82, 2.24) is 0 Å². The standard InChI is InChI=1S/C9H9O2/c1-9(2)10-7-5-3-4-6-8(7)11-9/h3,5-6H,1-2H3. The summed E-state index contributed by atoms with van der Waals surface area (Å²) in [5.74, 6) is 1.06. The van der Waals surface area contributed by atoms with E-state index < -0.39 is 5.79 Å². The second-order valence-electron chi connectivity index (χ2n) is 2.98. The van der Waals surface area contributed by atoms with Crippen LogP contribution in [0.1, 0.15) is 13.8 Å². The van der Waals surface area contributed by atoms with Crippen LogP contribution in [0.25, 0.3) is 0 Å². The molecule has 0 spiro atoms. The fourth-order valence-corrected chi connectivity index (χ4v) is 1.12. The van der Waals surface area contributed by atoms with Crippen LogP contribution in [0, 0.1) is 6.07 Å². The molecule has 0 atom stereocenters. The zero-order valence-corrected chi connectivity index (χ0v) is 6.55. The van der Waals surface area contributed by atoms with Gasteiger partial charge in [-0.2, -0.15) is 0 Å². The zero-order chi connectivity index (χ0) is 7.90. The Morgan fingerprint density at radius 3 is 2.73 bits per heavy atom. The number of benzene rings is 1. The second-order valence-corrected chi connectivity index (χ2v) is 2.98. The summed E-state index contributed by atoms with van der Waals surface area (Å²) < 4.78 is 10.9. The third-order valence-corrected chi connectivity index (χ3v) is 1.50. The highest BCUT2D eigenvalue weighted by Gasteiger charge is 2.30. The van der Waals surface area contributed by atoms with Crippen LogP contribution in [0.4, 0.5) is 0 Å². The van der Waals surface area contributed by atoms with E-state index in [4.69, 9.17) is 9.47 Å². The molecule has 0 saturated heterocycles. The Kier molecular flexibility index (Phi) is 1.13. The van der Waals surface area contributed by atoms with Crippen LogP contribution in [0.2, 0.25) is 0 Å². The Balaban J connectivity index is 2.41. The van der Waals surface area contributed by atoms with Gasteiger partial charge in [0.05, 0.1) is 0 Å². The van der Waals surface area contributed by atoms with E-state index >= 15 is 0 Å². The van der Waals surface area contributed by atoms with E-state index in [1.165, 1.54) is 0 Å². The molecule has 0 saturated carbocycles. The van der Waals surface area contributed by atoms with Gasteiger partial charge in [0, 0.05) is 13.8 Å². The topological polar surface area (TPSA) is 18.5 Å². The van der Waals surface area contributed by atoms with Crippen molar-refractivity contribution in [2.45, 2.75) is 19.6 Å². The first-order valence-electron chi connectivity index (χ1n) is 3.55. The minimum atomic E-state index is -0.516. The first-order valence-corrected chi connectivity index (χ1v) is 3.55. The summed E-state index contributed by atoms with van der Waals surface area (Å²) in [5, 5.41) is 0. The van der Waals surface area contributed by atoms with Crippen LogP contribution >= 0.6 is 0 Å². The maximum absolute atomic E-state index is 5.45. The minimum absolute atomic E-state index is 0.516. The predicted octanol–water partition coefficient (Wildman–Crippen LogP) is 1.99. The monoisotopic (exact) mass is 149 g/mol. The van der Waals surface area contributed by atoms with Crippen molar-refractivity contribution < 1.29 is 9.47 Å². The van der Waals surface area contributed by atoms with E-state index in [0.717, 1.165) is 11.5 Å². The van der Waals surface area contributed by atoms with Gasteiger partial charge >= 0.3 is 0 Å². The first-order chi connectivity index (χ1) is 5.17. The molecule has 0 fully saturated rings. The van der Waals surface area contributed by atoms with E-state index in [2.05, 4.69) is 6.07 Å². The summed E-state index contributed by atoms with van der Waals surface area (Å²) in [6.07, 6.45) is 0. The van der Waals surface area contributed by atoms with Crippen molar-refractivity contribution >= 4 is 0 Å². The van der Waals surface area contributed by atoms with Gasteiger partial charge in [-0.1, -0.05) is 6.07 Å². The molecule has 2 heteroatoms. The van der Waals surface area contributed by atoms with Crippen LogP contribution in [0.3, 0.4) is 0 Å². The molecule has 57 valence electrons. The molecule has 0 aromatic heterocycles. The Labute approximate surface area is 65.7 Å². The molecule has 2 nitrogen and oxygen atoms in total. The number of rotatable bonds is 0. The van der Waals surface area contributed by atoms with E-state index in [9.17, 15) is 0 Å². The summed E-state index contributed by atoms with van der Waals surface area (Å²) in [4.78, 5) is 0. The molecule has 2 rings (SSSR count). The quantitative estimate of drug-likeness (QED) is 0.561. The molecule has 1 heterocycles. The summed E-state index contributed by atoms with van der Waals surface area (Å²) >= 11 is 0. The molecule has 0 unspecified atom stereocenters. The van der Waals surface area contributed by atoms with E-state index in [1.54, 1.807) is 6.07 Å². The molecule has 1 aromatic carbocycles. The SMILES string of the molecule is CC1(C)Oc2c[c]ccc2O1. The maximum atomic E-state index is 5.45. The highest BCUT2D eigenvalue weighted by Crippen LogP contribution is 2.37. The van der Waals surface area contributed by atoms with Gasteiger partial charge in [-0.05, 0) is 18.2 Å². The molecule has 1 aliphatic rings. The molecule has 11 heavy (non-hydrogen) atoms. The third kappa shape index (κ3) is 1.04. The lowest BCUT2D eigenvalue weighted by atomic mass is 10.3. The largest absolute Gasteiger partial charge is 0.449 e. The van der Waals surface area contributed by atoms with Crippen molar-refractivity contribution in [3.8, 4) is 11.5 Å². The van der Waals surface area contributed by atoms with Crippen molar-refractivity contribution in [3.63, 3.8) is 0 Å². The van der Waals surface area contributed by atoms with E-state index in [-0.39, 0.29) is 0 Å². The average Bonchev–Trinajstić information content (AvgIpc) is 2.21. The lowest BCUT2D eigenvalue weighted by molar-refractivity contribution is -0.0431. The van der Waals surface area contributed by atoms with Crippen LogP contribution in [-0.2, 0) is 0 Å². The van der Waals surface area contributed by atoms with Crippen LogP contribution in [-0.4, -0.2) is 5.79 Å². The fourth-order valence-electron chi connectivity index (χ4n) is 1.12. The Morgan fingerprint density at radius 2 is 2.00 bits per heavy atom. The van der Waals surface area contributed by atoms with Crippen molar-refractivity contribution in [2.75, 3.05) is 0 Å². The number of hydrogen-bond donors (Lipinski definition) is 0. The van der Waals surface area contributed by atoms with Gasteiger partial charge in [-0.3, -0.25) is 0 Å². The smallest absolute Gasteiger partial charge is 0.246 e. The molecule has 0 amide bonds. The molecule has 0 aliphatic carbocycles. The molecular weight excluding hydrogens is 140 g/mol.